The Morgan fingerprint density at radius 2 is 1.79 bits per heavy atom. The molecule has 0 aromatic heterocycles. The van der Waals surface area contributed by atoms with Gasteiger partial charge in [-0.15, -0.1) is 0 Å². The molecule has 186 valence electrons. The SMILES string of the molecule is Cc1cc(C)c([C@H]2COC(=S)N2C(=O)C[C@@H](O)C[C@@H](O[Si](C)(C)C(C)(C)C)C(C)C)c(C)c1. The molecule has 1 fully saturated rings. The largest absolute Gasteiger partial charge is 0.468 e. The van der Waals surface area contributed by atoms with Gasteiger partial charge in [-0.25, -0.2) is 0 Å². The number of amides is 1. The van der Waals surface area contributed by atoms with Crippen molar-refractivity contribution in [2.24, 2.45) is 5.92 Å². The fourth-order valence-electron chi connectivity index (χ4n) is 4.29. The van der Waals surface area contributed by atoms with Crippen LogP contribution in [-0.2, 0) is 14.0 Å². The van der Waals surface area contributed by atoms with Crippen molar-refractivity contribution < 1.29 is 19.1 Å². The molecule has 1 heterocycles. The zero-order valence-electron chi connectivity index (χ0n) is 22.1. The van der Waals surface area contributed by atoms with Gasteiger partial charge in [0.15, 0.2) is 8.32 Å². The van der Waals surface area contributed by atoms with Crippen molar-refractivity contribution in [1.82, 2.24) is 4.90 Å². The molecule has 0 aliphatic carbocycles. The molecule has 0 spiro atoms. The summed E-state index contributed by atoms with van der Waals surface area (Å²) in [5, 5.41) is 11.2. The van der Waals surface area contributed by atoms with Crippen LogP contribution < -0.4 is 0 Å². The van der Waals surface area contributed by atoms with Gasteiger partial charge in [0.1, 0.15) is 12.6 Å². The van der Waals surface area contributed by atoms with Crippen LogP contribution in [0.15, 0.2) is 12.1 Å². The van der Waals surface area contributed by atoms with Gasteiger partial charge in [0.05, 0.1) is 12.5 Å². The summed E-state index contributed by atoms with van der Waals surface area (Å²) in [7, 11) is -1.99. The van der Waals surface area contributed by atoms with Gasteiger partial charge in [-0.2, -0.15) is 0 Å². The molecule has 1 amide bonds. The van der Waals surface area contributed by atoms with Crippen LogP contribution in [0.25, 0.3) is 0 Å². The zero-order valence-corrected chi connectivity index (χ0v) is 23.9. The van der Waals surface area contributed by atoms with Crippen molar-refractivity contribution in [1.29, 1.82) is 0 Å². The number of ether oxygens (including phenoxy) is 1. The standard InChI is InChI=1S/C26H43NO4SSi/c1-16(2)22(31-33(9,10)26(6,7)8)13-20(28)14-23(29)27-21(15-30-25(27)32)24-18(4)11-17(3)12-19(24)5/h11-12,16,20-22,28H,13-15H2,1-10H3/t20-,21+,22+/m0/s1. The number of hydrogen-bond donors (Lipinski definition) is 1. The summed E-state index contributed by atoms with van der Waals surface area (Å²) < 4.78 is 12.2. The Bertz CT molecular complexity index is 855. The number of nitrogens with zero attached hydrogens (tertiary/aromatic N) is 1. The van der Waals surface area contributed by atoms with Crippen molar-refractivity contribution in [3.63, 3.8) is 0 Å². The molecule has 0 bridgehead atoms. The summed E-state index contributed by atoms with van der Waals surface area (Å²) in [6, 6.07) is 3.97. The Kier molecular flexibility index (Phi) is 8.93. The van der Waals surface area contributed by atoms with Crippen molar-refractivity contribution in [3.8, 4) is 0 Å². The first-order valence-electron chi connectivity index (χ1n) is 12.0. The Hall–Kier alpha value is -1.28. The molecular formula is C26H43NO4SSi. The van der Waals surface area contributed by atoms with E-state index in [-0.39, 0.29) is 40.6 Å². The fourth-order valence-corrected chi connectivity index (χ4v) is 6.07. The third-order valence-electron chi connectivity index (χ3n) is 7.12. The topological polar surface area (TPSA) is 59.0 Å². The van der Waals surface area contributed by atoms with Crippen LogP contribution in [-0.4, -0.2) is 48.2 Å². The molecular weight excluding hydrogens is 450 g/mol. The molecule has 1 aliphatic heterocycles. The second-order valence-electron chi connectivity index (χ2n) is 11.4. The van der Waals surface area contributed by atoms with Gasteiger partial charge in [-0.3, -0.25) is 9.69 Å². The molecule has 33 heavy (non-hydrogen) atoms. The highest BCUT2D eigenvalue weighted by Crippen LogP contribution is 2.39. The van der Waals surface area contributed by atoms with Gasteiger partial charge in [0.25, 0.3) is 5.17 Å². The molecule has 1 saturated heterocycles. The lowest BCUT2D eigenvalue weighted by molar-refractivity contribution is -0.130. The third-order valence-corrected chi connectivity index (χ3v) is 11.9. The predicted octanol–water partition coefficient (Wildman–Crippen LogP) is 5.98. The highest BCUT2D eigenvalue weighted by molar-refractivity contribution is 7.80. The summed E-state index contributed by atoms with van der Waals surface area (Å²) in [4.78, 5) is 14.9. The maximum absolute atomic E-state index is 13.3. The van der Waals surface area contributed by atoms with Gasteiger partial charge >= 0.3 is 0 Å². The summed E-state index contributed by atoms with van der Waals surface area (Å²) in [6.07, 6.45) is -0.495. The predicted molar refractivity (Wildman–Crippen MR) is 141 cm³/mol. The Labute approximate surface area is 207 Å². The normalized spacial score (nSPS) is 19.1. The summed E-state index contributed by atoms with van der Waals surface area (Å²) >= 11 is 5.38. The molecule has 7 heteroatoms. The lowest BCUT2D eigenvalue weighted by Gasteiger charge is -2.41. The number of aryl methyl sites for hydroxylation is 3. The molecule has 3 atom stereocenters. The van der Waals surface area contributed by atoms with E-state index in [1.54, 1.807) is 4.90 Å². The quantitative estimate of drug-likeness (QED) is 0.356. The fraction of sp³-hybridized carbons (Fsp3) is 0.692. The number of aliphatic hydroxyl groups is 1. The maximum atomic E-state index is 13.3. The number of benzene rings is 1. The number of rotatable bonds is 8. The van der Waals surface area contributed by atoms with Crippen molar-refractivity contribution >= 4 is 31.6 Å². The number of thiocarbonyl (C=S) groups is 1. The number of hydrogen-bond acceptors (Lipinski definition) is 5. The lowest BCUT2D eigenvalue weighted by Crippen LogP contribution is -2.46. The minimum absolute atomic E-state index is 0.00591. The summed E-state index contributed by atoms with van der Waals surface area (Å²) in [5.74, 6) is 0.0369. The second kappa shape index (κ2) is 10.5. The van der Waals surface area contributed by atoms with Crippen LogP contribution in [0.4, 0.5) is 0 Å². The van der Waals surface area contributed by atoms with Crippen molar-refractivity contribution in [2.75, 3.05) is 6.61 Å². The average Bonchev–Trinajstić information content (AvgIpc) is 3.00. The van der Waals surface area contributed by atoms with E-state index in [2.05, 4.69) is 80.6 Å². The van der Waals surface area contributed by atoms with Crippen LogP contribution in [0, 0.1) is 26.7 Å². The molecule has 2 rings (SSSR count). The molecule has 1 aromatic carbocycles. The zero-order chi connectivity index (χ0) is 25.3. The molecule has 1 aliphatic rings. The first-order valence-corrected chi connectivity index (χ1v) is 15.3. The van der Waals surface area contributed by atoms with Crippen molar-refractivity contribution in [2.45, 2.75) is 105 Å². The van der Waals surface area contributed by atoms with Crippen molar-refractivity contribution in [3.05, 3.63) is 34.4 Å². The molecule has 0 saturated carbocycles. The molecule has 0 radical (unpaired) electrons. The van der Waals surface area contributed by atoms with Gasteiger partial charge in [0, 0.05) is 6.10 Å². The number of aliphatic hydroxyl groups excluding tert-OH is 1. The monoisotopic (exact) mass is 493 g/mol. The van der Waals surface area contributed by atoms with Crippen LogP contribution in [0.2, 0.25) is 18.1 Å². The number of carbonyl (C=O) groups is 1. The first-order chi connectivity index (χ1) is 15.0. The van der Waals surface area contributed by atoms with Gasteiger partial charge in [-0.05, 0) is 80.2 Å². The van der Waals surface area contributed by atoms with Gasteiger partial charge < -0.3 is 14.3 Å². The molecule has 0 unspecified atom stereocenters. The molecule has 1 aromatic rings. The highest BCUT2D eigenvalue weighted by Gasteiger charge is 2.41. The highest BCUT2D eigenvalue weighted by atomic mass is 32.1. The van der Waals surface area contributed by atoms with Crippen LogP contribution in [0.3, 0.4) is 0 Å². The van der Waals surface area contributed by atoms with E-state index in [4.69, 9.17) is 21.4 Å². The van der Waals surface area contributed by atoms with E-state index >= 15 is 0 Å². The average molecular weight is 494 g/mol. The van der Waals surface area contributed by atoms with E-state index in [1.807, 2.05) is 0 Å². The van der Waals surface area contributed by atoms with E-state index in [1.165, 1.54) is 5.56 Å². The second-order valence-corrected chi connectivity index (χ2v) is 16.5. The van der Waals surface area contributed by atoms with E-state index in [9.17, 15) is 9.90 Å². The first kappa shape index (κ1) is 28.0. The molecule has 5 nitrogen and oxygen atoms in total. The summed E-state index contributed by atoms with van der Waals surface area (Å²) in [6.45, 7) is 21.8. The van der Waals surface area contributed by atoms with E-state index < -0.39 is 14.4 Å². The van der Waals surface area contributed by atoms with Crippen LogP contribution in [0.5, 0.6) is 0 Å². The number of carbonyl (C=O) groups excluding carboxylic acids is 1. The Morgan fingerprint density at radius 1 is 1.24 bits per heavy atom. The smallest absolute Gasteiger partial charge is 0.266 e. The van der Waals surface area contributed by atoms with E-state index in [0.717, 1.165) is 16.7 Å². The maximum Gasteiger partial charge on any atom is 0.266 e. The van der Waals surface area contributed by atoms with Crippen LogP contribution >= 0.6 is 12.2 Å². The van der Waals surface area contributed by atoms with Crippen LogP contribution in [0.1, 0.15) is 75.8 Å². The Morgan fingerprint density at radius 3 is 2.27 bits per heavy atom. The minimum Gasteiger partial charge on any atom is -0.468 e. The third kappa shape index (κ3) is 6.65. The lowest BCUT2D eigenvalue weighted by atomic mass is 9.93. The molecule has 1 N–H and O–H groups in total. The van der Waals surface area contributed by atoms with Gasteiger partial charge in [-0.1, -0.05) is 52.3 Å². The Balaban J connectivity index is 2.16. The van der Waals surface area contributed by atoms with E-state index in [0.29, 0.717) is 13.0 Å². The van der Waals surface area contributed by atoms with Gasteiger partial charge in [0.2, 0.25) is 5.91 Å². The minimum atomic E-state index is -1.99. The summed E-state index contributed by atoms with van der Waals surface area (Å²) in [5.41, 5.74) is 4.49.